The van der Waals surface area contributed by atoms with Crippen LogP contribution in [0.15, 0.2) is 90.0 Å². The van der Waals surface area contributed by atoms with E-state index in [2.05, 4.69) is 10.1 Å². The number of aromatic nitrogens is 1. The van der Waals surface area contributed by atoms with Crippen molar-refractivity contribution in [1.29, 1.82) is 0 Å². The highest BCUT2D eigenvalue weighted by Crippen LogP contribution is 2.32. The van der Waals surface area contributed by atoms with Crippen molar-refractivity contribution in [3.63, 3.8) is 0 Å². The minimum atomic E-state index is -0.260. The molecule has 1 amide bonds. The molecule has 174 valence electrons. The number of thiazole rings is 1. The highest BCUT2D eigenvalue weighted by Gasteiger charge is 2.21. The predicted molar refractivity (Wildman–Crippen MR) is 142 cm³/mol. The van der Waals surface area contributed by atoms with Gasteiger partial charge in [0.1, 0.15) is 11.5 Å². The average Bonchev–Trinajstić information content (AvgIpc) is 3.32. The van der Waals surface area contributed by atoms with Gasteiger partial charge in [-0.05, 0) is 77.9 Å². The first-order valence-electron chi connectivity index (χ1n) is 11.2. The van der Waals surface area contributed by atoms with Gasteiger partial charge in [-0.2, -0.15) is 10.1 Å². The van der Waals surface area contributed by atoms with Crippen LogP contribution >= 0.6 is 11.3 Å². The molecule has 0 saturated heterocycles. The number of fused-ring (bicyclic) bond motifs is 2. The molecule has 0 aliphatic rings. The Balaban J connectivity index is 1.54. The summed E-state index contributed by atoms with van der Waals surface area (Å²) in [5, 5.41) is 8.47. The molecule has 35 heavy (non-hydrogen) atoms. The minimum Gasteiger partial charge on any atom is -0.497 e. The van der Waals surface area contributed by atoms with Crippen LogP contribution in [0.2, 0.25) is 0 Å². The van der Waals surface area contributed by atoms with Crippen molar-refractivity contribution in [3.8, 4) is 11.5 Å². The number of anilines is 1. The Morgan fingerprint density at radius 3 is 2.51 bits per heavy atom. The number of nitrogens with zero attached hydrogens (tertiary/aromatic N) is 3. The Bertz CT molecular complexity index is 1530. The molecule has 7 heteroatoms. The Hall–Kier alpha value is -4.23. The quantitative estimate of drug-likeness (QED) is 0.196. The van der Waals surface area contributed by atoms with Crippen LogP contribution in [0.25, 0.3) is 21.0 Å². The number of hydrogen-bond donors (Lipinski definition) is 0. The third-order valence-electron chi connectivity index (χ3n) is 5.47. The SMILES string of the molecule is CCOc1ccc(/C=N/N(C(=O)c2ccc3ccccc3c2)c2nc3ccc(OC)cc3s2)cc1. The Labute approximate surface area is 207 Å². The van der Waals surface area contributed by atoms with Crippen molar-refractivity contribution in [2.75, 3.05) is 18.7 Å². The smallest absolute Gasteiger partial charge is 0.280 e. The van der Waals surface area contributed by atoms with Gasteiger partial charge in [-0.15, -0.1) is 0 Å². The lowest BCUT2D eigenvalue weighted by Crippen LogP contribution is -2.25. The van der Waals surface area contributed by atoms with E-state index in [1.54, 1.807) is 13.3 Å². The summed E-state index contributed by atoms with van der Waals surface area (Å²) in [4.78, 5) is 18.4. The van der Waals surface area contributed by atoms with E-state index in [4.69, 9.17) is 9.47 Å². The lowest BCUT2D eigenvalue weighted by atomic mass is 10.1. The van der Waals surface area contributed by atoms with E-state index in [1.807, 2.05) is 91.9 Å². The molecule has 0 aliphatic carbocycles. The van der Waals surface area contributed by atoms with E-state index >= 15 is 0 Å². The number of rotatable bonds is 7. The Morgan fingerprint density at radius 2 is 1.74 bits per heavy atom. The second-order valence-electron chi connectivity index (χ2n) is 7.76. The van der Waals surface area contributed by atoms with Crippen LogP contribution in [0.4, 0.5) is 5.13 Å². The number of methoxy groups -OCH3 is 1. The number of carbonyl (C=O) groups is 1. The number of hydrazone groups is 1. The molecule has 0 atom stereocenters. The number of carbonyl (C=O) groups excluding carboxylic acids is 1. The topological polar surface area (TPSA) is 64.0 Å². The summed E-state index contributed by atoms with van der Waals surface area (Å²) in [6.45, 7) is 2.54. The summed E-state index contributed by atoms with van der Waals surface area (Å²) in [6, 6.07) is 26.8. The van der Waals surface area contributed by atoms with Crippen LogP contribution in [-0.4, -0.2) is 30.8 Å². The number of amides is 1. The van der Waals surface area contributed by atoms with E-state index in [9.17, 15) is 4.79 Å². The van der Waals surface area contributed by atoms with Gasteiger partial charge in [0.2, 0.25) is 5.13 Å². The maximum absolute atomic E-state index is 13.7. The van der Waals surface area contributed by atoms with Gasteiger partial charge in [-0.25, -0.2) is 4.98 Å². The minimum absolute atomic E-state index is 0.260. The van der Waals surface area contributed by atoms with Gasteiger partial charge in [0, 0.05) is 5.56 Å². The second kappa shape index (κ2) is 9.95. The van der Waals surface area contributed by atoms with Crippen molar-refractivity contribution >= 4 is 49.6 Å². The summed E-state index contributed by atoms with van der Waals surface area (Å²) in [5.74, 6) is 1.26. The fourth-order valence-electron chi connectivity index (χ4n) is 3.68. The van der Waals surface area contributed by atoms with Gasteiger partial charge in [0.25, 0.3) is 5.91 Å². The molecule has 0 bridgehead atoms. The zero-order chi connectivity index (χ0) is 24.2. The molecule has 0 saturated carbocycles. The van der Waals surface area contributed by atoms with Crippen molar-refractivity contribution in [3.05, 3.63) is 96.1 Å². The van der Waals surface area contributed by atoms with E-state index in [0.29, 0.717) is 17.3 Å². The van der Waals surface area contributed by atoms with Crippen LogP contribution in [0.3, 0.4) is 0 Å². The predicted octanol–water partition coefficient (Wildman–Crippen LogP) is 6.54. The lowest BCUT2D eigenvalue weighted by Gasteiger charge is -2.14. The van der Waals surface area contributed by atoms with Crippen molar-refractivity contribution < 1.29 is 14.3 Å². The van der Waals surface area contributed by atoms with Gasteiger partial charge in [-0.1, -0.05) is 41.7 Å². The molecule has 0 radical (unpaired) electrons. The fourth-order valence-corrected chi connectivity index (χ4v) is 4.64. The number of ether oxygens (including phenoxy) is 2. The van der Waals surface area contributed by atoms with Crippen LogP contribution in [0, 0.1) is 0 Å². The maximum atomic E-state index is 13.7. The van der Waals surface area contributed by atoms with Gasteiger partial charge in [0.15, 0.2) is 0 Å². The van der Waals surface area contributed by atoms with Gasteiger partial charge < -0.3 is 9.47 Å². The molecule has 0 spiro atoms. The third-order valence-corrected chi connectivity index (χ3v) is 6.46. The lowest BCUT2D eigenvalue weighted by molar-refractivity contribution is 0.0988. The molecular weight excluding hydrogens is 458 g/mol. The van der Waals surface area contributed by atoms with E-state index in [-0.39, 0.29) is 5.91 Å². The molecule has 0 N–H and O–H groups in total. The molecule has 5 rings (SSSR count). The molecule has 0 unspecified atom stereocenters. The first-order chi connectivity index (χ1) is 17.1. The van der Waals surface area contributed by atoms with E-state index in [1.165, 1.54) is 16.3 Å². The van der Waals surface area contributed by atoms with Crippen molar-refractivity contribution in [2.24, 2.45) is 5.10 Å². The average molecular weight is 482 g/mol. The zero-order valence-corrected chi connectivity index (χ0v) is 20.2. The standard InChI is InChI=1S/C28H23N3O3S/c1-3-34-23-12-8-19(9-13-23)18-29-31(28-30-25-15-14-24(33-2)17-26(25)35-28)27(32)22-11-10-20-6-4-5-7-21(20)16-22/h4-18H,3H2,1-2H3/b29-18+. The maximum Gasteiger partial charge on any atom is 0.280 e. The molecular formula is C28H23N3O3S. The first-order valence-corrected chi connectivity index (χ1v) is 12.0. The van der Waals surface area contributed by atoms with Crippen LogP contribution in [0.5, 0.6) is 11.5 Å². The number of hydrogen-bond acceptors (Lipinski definition) is 6. The largest absolute Gasteiger partial charge is 0.497 e. The Kier molecular flexibility index (Phi) is 6.41. The highest BCUT2D eigenvalue weighted by atomic mass is 32.1. The van der Waals surface area contributed by atoms with Gasteiger partial charge >= 0.3 is 0 Å². The molecule has 0 fully saturated rings. The molecule has 0 aliphatic heterocycles. The third kappa shape index (κ3) is 4.85. The normalized spacial score (nSPS) is 11.3. The Morgan fingerprint density at radius 1 is 0.971 bits per heavy atom. The molecule has 1 aromatic heterocycles. The van der Waals surface area contributed by atoms with E-state index in [0.717, 1.165) is 38.1 Å². The van der Waals surface area contributed by atoms with Crippen molar-refractivity contribution in [1.82, 2.24) is 4.98 Å². The fraction of sp³-hybridized carbons (Fsp3) is 0.107. The monoisotopic (exact) mass is 481 g/mol. The van der Waals surface area contributed by atoms with Crippen molar-refractivity contribution in [2.45, 2.75) is 6.92 Å². The molecule has 4 aromatic carbocycles. The van der Waals surface area contributed by atoms with Gasteiger partial charge in [-0.3, -0.25) is 4.79 Å². The van der Waals surface area contributed by atoms with E-state index < -0.39 is 0 Å². The summed E-state index contributed by atoms with van der Waals surface area (Å²) < 4.78 is 11.8. The van der Waals surface area contributed by atoms with Crippen LogP contribution < -0.4 is 14.5 Å². The van der Waals surface area contributed by atoms with Gasteiger partial charge in [0.05, 0.1) is 30.1 Å². The second-order valence-corrected chi connectivity index (χ2v) is 8.76. The summed E-state index contributed by atoms with van der Waals surface area (Å²) >= 11 is 1.39. The molecule has 5 aromatic rings. The summed E-state index contributed by atoms with van der Waals surface area (Å²) in [6.07, 6.45) is 1.65. The first kappa shape index (κ1) is 22.6. The number of benzene rings is 4. The molecule has 1 heterocycles. The van der Waals surface area contributed by atoms with Crippen LogP contribution in [0.1, 0.15) is 22.8 Å². The van der Waals surface area contributed by atoms with Crippen LogP contribution in [-0.2, 0) is 0 Å². The zero-order valence-electron chi connectivity index (χ0n) is 19.3. The molecule has 6 nitrogen and oxygen atoms in total. The summed E-state index contributed by atoms with van der Waals surface area (Å²) in [5.41, 5.74) is 2.15. The highest BCUT2D eigenvalue weighted by molar-refractivity contribution is 7.22. The summed E-state index contributed by atoms with van der Waals surface area (Å²) in [7, 11) is 1.62.